The monoisotopic (exact) mass is 252 g/mol. The van der Waals surface area contributed by atoms with Crippen molar-refractivity contribution in [2.24, 2.45) is 5.73 Å². The van der Waals surface area contributed by atoms with E-state index in [0.29, 0.717) is 10.2 Å². The first-order chi connectivity index (χ1) is 8.00. The zero-order valence-corrected chi connectivity index (χ0v) is 10.4. The molecular weight excluding hydrogens is 240 g/mol. The molecule has 2 N–H and O–H groups in total. The molecule has 0 radical (unpaired) electrons. The van der Waals surface area contributed by atoms with Crippen molar-refractivity contribution in [3.05, 3.63) is 20.8 Å². The number of carbonyl (C=O) groups is 1. The van der Waals surface area contributed by atoms with Gasteiger partial charge in [0.15, 0.2) is 4.83 Å². The number of amides is 1. The molecule has 0 fully saturated rings. The summed E-state index contributed by atoms with van der Waals surface area (Å²) in [7, 11) is 0. The second-order valence-electron chi connectivity index (χ2n) is 3.80. The third-order valence-electron chi connectivity index (χ3n) is 2.63. The number of nitrogens with two attached hydrogens (primary N) is 1. The van der Waals surface area contributed by atoms with E-state index in [0.717, 1.165) is 10.4 Å². The van der Waals surface area contributed by atoms with Gasteiger partial charge in [0.25, 0.3) is 5.56 Å². The highest BCUT2D eigenvalue weighted by Gasteiger charge is 2.13. The molecule has 90 valence electrons. The Kier molecular flexibility index (Phi) is 2.93. The number of fused-ring (bicyclic) bond motifs is 1. The van der Waals surface area contributed by atoms with Gasteiger partial charge >= 0.3 is 0 Å². The quantitative estimate of drug-likeness (QED) is 0.853. The van der Waals surface area contributed by atoms with Crippen LogP contribution in [-0.2, 0) is 11.3 Å². The van der Waals surface area contributed by atoms with Crippen molar-refractivity contribution in [3.8, 4) is 0 Å². The van der Waals surface area contributed by atoms with Gasteiger partial charge in [-0.2, -0.15) is 0 Å². The molecule has 0 aromatic carbocycles. The number of hydrogen-bond acceptors (Lipinski definition) is 5. The van der Waals surface area contributed by atoms with E-state index in [-0.39, 0.29) is 18.5 Å². The summed E-state index contributed by atoms with van der Waals surface area (Å²) in [5.41, 5.74) is 5.75. The molecule has 17 heavy (non-hydrogen) atoms. The Morgan fingerprint density at radius 1 is 1.47 bits per heavy atom. The molecule has 0 saturated heterocycles. The third kappa shape index (κ3) is 2.05. The summed E-state index contributed by atoms with van der Waals surface area (Å²) in [6.07, 6.45) is 0.0856. The van der Waals surface area contributed by atoms with Crippen molar-refractivity contribution >= 4 is 27.5 Å². The molecule has 0 aliphatic rings. The summed E-state index contributed by atoms with van der Waals surface area (Å²) in [4.78, 5) is 24.5. The van der Waals surface area contributed by atoms with Crippen molar-refractivity contribution in [2.45, 2.75) is 26.8 Å². The smallest absolute Gasteiger partial charge is 0.278 e. The Balaban J connectivity index is 2.53. The first kappa shape index (κ1) is 11.7. The van der Waals surface area contributed by atoms with Crippen molar-refractivity contribution in [1.29, 1.82) is 0 Å². The van der Waals surface area contributed by atoms with Crippen LogP contribution in [0.2, 0.25) is 0 Å². The minimum Gasteiger partial charge on any atom is -0.370 e. The minimum atomic E-state index is -0.461. The van der Waals surface area contributed by atoms with E-state index in [1.54, 1.807) is 0 Å². The number of carbonyl (C=O) groups excluding carboxylic acids is 1. The van der Waals surface area contributed by atoms with Crippen LogP contribution in [0.1, 0.15) is 16.9 Å². The highest BCUT2D eigenvalue weighted by atomic mass is 32.1. The van der Waals surface area contributed by atoms with Gasteiger partial charge in [-0.3, -0.25) is 9.59 Å². The normalized spacial score (nSPS) is 10.9. The fraction of sp³-hybridized carbons (Fsp3) is 0.400. The van der Waals surface area contributed by atoms with Crippen LogP contribution in [0.4, 0.5) is 0 Å². The van der Waals surface area contributed by atoms with Gasteiger partial charge in [0.1, 0.15) is 0 Å². The van der Waals surface area contributed by atoms with E-state index in [9.17, 15) is 9.59 Å². The van der Waals surface area contributed by atoms with Gasteiger partial charge in [0, 0.05) is 11.3 Å². The zero-order valence-electron chi connectivity index (χ0n) is 9.56. The van der Waals surface area contributed by atoms with Crippen LogP contribution in [0, 0.1) is 13.8 Å². The molecule has 2 aromatic heterocycles. The van der Waals surface area contributed by atoms with E-state index in [4.69, 9.17) is 5.73 Å². The molecule has 0 spiro atoms. The van der Waals surface area contributed by atoms with Gasteiger partial charge in [-0.15, -0.1) is 16.4 Å². The first-order valence-electron chi connectivity index (χ1n) is 5.12. The lowest BCUT2D eigenvalue weighted by molar-refractivity contribution is -0.118. The summed E-state index contributed by atoms with van der Waals surface area (Å²) in [6.45, 7) is 4.00. The van der Waals surface area contributed by atoms with Crippen LogP contribution in [0.3, 0.4) is 0 Å². The van der Waals surface area contributed by atoms with Crippen molar-refractivity contribution in [1.82, 2.24) is 15.0 Å². The number of aryl methyl sites for hydroxylation is 3. The van der Waals surface area contributed by atoms with Crippen LogP contribution < -0.4 is 11.3 Å². The average Bonchev–Trinajstić information content (AvgIpc) is 2.54. The van der Waals surface area contributed by atoms with Gasteiger partial charge < -0.3 is 5.73 Å². The third-order valence-corrected chi connectivity index (χ3v) is 3.72. The molecule has 0 unspecified atom stereocenters. The lowest BCUT2D eigenvalue weighted by Gasteiger charge is -2.01. The van der Waals surface area contributed by atoms with Crippen LogP contribution in [0.25, 0.3) is 10.2 Å². The Morgan fingerprint density at radius 2 is 2.18 bits per heavy atom. The molecule has 0 aliphatic heterocycles. The number of primary amides is 1. The van der Waals surface area contributed by atoms with Gasteiger partial charge in [0.2, 0.25) is 5.91 Å². The topological polar surface area (TPSA) is 90.9 Å². The number of hydrogen-bond donors (Lipinski definition) is 1. The van der Waals surface area contributed by atoms with E-state index in [1.807, 2.05) is 13.8 Å². The van der Waals surface area contributed by atoms with Crippen LogP contribution >= 0.6 is 11.3 Å². The lowest BCUT2D eigenvalue weighted by atomic mass is 10.2. The Morgan fingerprint density at radius 3 is 2.82 bits per heavy atom. The maximum absolute atomic E-state index is 12.1. The standard InChI is InChI=1S/C10H12N4O2S/c1-5-6(2)17-9-8(5)10(16)14(13-12-9)4-3-7(11)15/h3-4H2,1-2H3,(H2,11,15). The Hall–Kier alpha value is -1.76. The van der Waals surface area contributed by atoms with Crippen molar-refractivity contribution < 1.29 is 4.79 Å². The molecule has 7 heteroatoms. The van der Waals surface area contributed by atoms with Crippen LogP contribution in [0.5, 0.6) is 0 Å². The predicted octanol–water partition coefficient (Wildman–Crippen LogP) is 0.345. The average molecular weight is 252 g/mol. The molecule has 2 heterocycles. The fourth-order valence-electron chi connectivity index (χ4n) is 1.56. The summed E-state index contributed by atoms with van der Waals surface area (Å²) in [5.74, 6) is -0.461. The molecule has 0 saturated carbocycles. The summed E-state index contributed by atoms with van der Waals surface area (Å²) in [5, 5.41) is 8.36. The van der Waals surface area contributed by atoms with Gasteiger partial charge in [0.05, 0.1) is 11.9 Å². The number of aromatic nitrogens is 3. The first-order valence-corrected chi connectivity index (χ1v) is 5.94. The Bertz CT molecular complexity index is 644. The molecule has 2 rings (SSSR count). The highest BCUT2D eigenvalue weighted by molar-refractivity contribution is 7.18. The molecular formula is C10H12N4O2S. The summed E-state index contributed by atoms with van der Waals surface area (Å²) in [6, 6.07) is 0. The van der Waals surface area contributed by atoms with Crippen molar-refractivity contribution in [2.75, 3.05) is 0 Å². The van der Waals surface area contributed by atoms with Gasteiger partial charge in [-0.25, -0.2) is 4.68 Å². The maximum atomic E-state index is 12.1. The second-order valence-corrected chi connectivity index (χ2v) is 5.00. The van der Waals surface area contributed by atoms with E-state index in [1.165, 1.54) is 16.0 Å². The van der Waals surface area contributed by atoms with Gasteiger partial charge in [-0.05, 0) is 19.4 Å². The molecule has 2 aromatic rings. The summed E-state index contributed by atoms with van der Waals surface area (Å²) < 4.78 is 1.19. The van der Waals surface area contributed by atoms with Gasteiger partial charge in [-0.1, -0.05) is 5.21 Å². The number of thiophene rings is 1. The van der Waals surface area contributed by atoms with E-state index in [2.05, 4.69) is 10.3 Å². The SMILES string of the molecule is Cc1sc2nnn(CCC(N)=O)c(=O)c2c1C. The lowest BCUT2D eigenvalue weighted by Crippen LogP contribution is -2.26. The van der Waals surface area contributed by atoms with Crippen LogP contribution in [-0.4, -0.2) is 20.9 Å². The predicted molar refractivity (Wildman–Crippen MR) is 65.0 cm³/mol. The maximum Gasteiger partial charge on any atom is 0.278 e. The van der Waals surface area contributed by atoms with E-state index >= 15 is 0 Å². The largest absolute Gasteiger partial charge is 0.370 e. The van der Waals surface area contributed by atoms with E-state index < -0.39 is 5.91 Å². The second kappa shape index (κ2) is 4.25. The zero-order chi connectivity index (χ0) is 12.6. The molecule has 0 atom stereocenters. The Labute approximate surface area is 101 Å². The number of nitrogens with zero attached hydrogens (tertiary/aromatic N) is 3. The minimum absolute atomic E-state index is 0.0856. The summed E-state index contributed by atoms with van der Waals surface area (Å²) >= 11 is 1.45. The highest BCUT2D eigenvalue weighted by Crippen LogP contribution is 2.24. The number of rotatable bonds is 3. The van der Waals surface area contributed by atoms with Crippen LogP contribution in [0.15, 0.2) is 4.79 Å². The molecule has 0 aliphatic carbocycles. The molecule has 6 nitrogen and oxygen atoms in total. The molecule has 0 bridgehead atoms. The van der Waals surface area contributed by atoms with Crippen molar-refractivity contribution in [3.63, 3.8) is 0 Å². The molecule has 1 amide bonds. The fourth-order valence-corrected chi connectivity index (χ4v) is 2.52.